The van der Waals surface area contributed by atoms with Crippen molar-refractivity contribution in [2.75, 3.05) is 19.7 Å². The fraction of sp³-hybridized carbons (Fsp3) is 1.00. The molecule has 0 amide bonds. The van der Waals surface area contributed by atoms with Crippen molar-refractivity contribution >= 4 is 10.2 Å². The fourth-order valence-electron chi connectivity index (χ4n) is 1.35. The average Bonchev–Trinajstić information content (AvgIpc) is 2.53. The molecule has 0 bridgehead atoms. The first kappa shape index (κ1) is 13.9. The lowest BCUT2D eigenvalue weighted by atomic mass is 10.4. The summed E-state index contributed by atoms with van der Waals surface area (Å²) in [6.45, 7) is 6.57. The van der Waals surface area contributed by atoms with Gasteiger partial charge in [0.1, 0.15) is 0 Å². The van der Waals surface area contributed by atoms with E-state index in [1.807, 2.05) is 6.92 Å². The van der Waals surface area contributed by atoms with Crippen LogP contribution >= 0.6 is 0 Å². The van der Waals surface area contributed by atoms with Gasteiger partial charge in [0.2, 0.25) is 0 Å². The zero-order valence-electron chi connectivity index (χ0n) is 9.95. The molecule has 0 aromatic heterocycles. The van der Waals surface area contributed by atoms with Crippen LogP contribution < -0.4 is 9.44 Å². The smallest absolute Gasteiger partial charge is 0.276 e. The minimum atomic E-state index is -3.40. The molecule has 0 aromatic rings. The first-order chi connectivity index (χ1) is 7.35. The van der Waals surface area contributed by atoms with E-state index in [2.05, 4.69) is 9.44 Å². The molecule has 1 saturated heterocycles. The van der Waals surface area contributed by atoms with E-state index in [0.717, 1.165) is 6.42 Å². The van der Waals surface area contributed by atoms with Crippen LogP contribution in [-0.2, 0) is 19.7 Å². The van der Waals surface area contributed by atoms with Crippen molar-refractivity contribution in [2.24, 2.45) is 0 Å². The summed E-state index contributed by atoms with van der Waals surface area (Å²) in [5.74, 6) is -0.618. The van der Waals surface area contributed by atoms with Crippen LogP contribution in [0.5, 0.6) is 0 Å². The van der Waals surface area contributed by atoms with Gasteiger partial charge in [-0.05, 0) is 20.3 Å². The van der Waals surface area contributed by atoms with Crippen molar-refractivity contribution in [3.8, 4) is 0 Å². The maximum absolute atomic E-state index is 11.4. The first-order valence-electron chi connectivity index (χ1n) is 5.40. The summed E-state index contributed by atoms with van der Waals surface area (Å²) in [5, 5.41) is 0. The Morgan fingerprint density at radius 1 is 1.38 bits per heavy atom. The molecule has 1 aliphatic rings. The van der Waals surface area contributed by atoms with Gasteiger partial charge in [0, 0.05) is 13.1 Å². The SMILES string of the molecule is CCCNS(=O)(=O)NCC1COC(C)(C)O1. The highest BCUT2D eigenvalue weighted by Crippen LogP contribution is 2.21. The third-order valence-electron chi connectivity index (χ3n) is 2.11. The molecule has 1 unspecified atom stereocenters. The van der Waals surface area contributed by atoms with E-state index in [1.165, 1.54) is 0 Å². The second-order valence-corrected chi connectivity index (χ2v) is 5.78. The van der Waals surface area contributed by atoms with E-state index in [0.29, 0.717) is 13.2 Å². The molecular weight excluding hydrogens is 232 g/mol. The Balaban J connectivity index is 2.30. The van der Waals surface area contributed by atoms with Crippen LogP contribution in [0.3, 0.4) is 0 Å². The number of hydrogen-bond acceptors (Lipinski definition) is 4. The molecule has 1 aliphatic heterocycles. The first-order valence-corrected chi connectivity index (χ1v) is 6.89. The van der Waals surface area contributed by atoms with Crippen LogP contribution in [0.4, 0.5) is 0 Å². The Morgan fingerprint density at radius 3 is 2.56 bits per heavy atom. The minimum absolute atomic E-state index is 0.225. The molecule has 1 rings (SSSR count). The predicted octanol–water partition coefficient (Wildman–Crippen LogP) is -0.0281. The molecule has 0 radical (unpaired) electrons. The van der Waals surface area contributed by atoms with Gasteiger partial charge >= 0.3 is 0 Å². The number of hydrogen-bond donors (Lipinski definition) is 2. The molecule has 0 aromatic carbocycles. The summed E-state index contributed by atoms with van der Waals surface area (Å²) in [5.41, 5.74) is 0. The lowest BCUT2D eigenvalue weighted by Crippen LogP contribution is -2.41. The van der Waals surface area contributed by atoms with Gasteiger partial charge in [0.05, 0.1) is 12.7 Å². The van der Waals surface area contributed by atoms with E-state index in [4.69, 9.17) is 9.47 Å². The van der Waals surface area contributed by atoms with Crippen LogP contribution in [0.25, 0.3) is 0 Å². The maximum atomic E-state index is 11.4. The van der Waals surface area contributed by atoms with Gasteiger partial charge in [-0.15, -0.1) is 0 Å². The second kappa shape index (κ2) is 5.42. The van der Waals surface area contributed by atoms with E-state index < -0.39 is 16.0 Å². The number of nitrogens with one attached hydrogen (secondary N) is 2. The van der Waals surface area contributed by atoms with Crippen molar-refractivity contribution in [1.82, 2.24) is 9.44 Å². The molecule has 16 heavy (non-hydrogen) atoms. The van der Waals surface area contributed by atoms with E-state index in [-0.39, 0.29) is 12.6 Å². The van der Waals surface area contributed by atoms with Crippen molar-refractivity contribution in [1.29, 1.82) is 0 Å². The topological polar surface area (TPSA) is 76.7 Å². The van der Waals surface area contributed by atoms with Gasteiger partial charge in [-0.3, -0.25) is 0 Å². The highest BCUT2D eigenvalue weighted by atomic mass is 32.2. The van der Waals surface area contributed by atoms with Gasteiger partial charge < -0.3 is 9.47 Å². The molecule has 0 saturated carbocycles. The molecule has 96 valence electrons. The Bertz CT molecular complexity index is 315. The molecule has 1 atom stereocenters. The van der Waals surface area contributed by atoms with E-state index in [9.17, 15) is 8.42 Å². The quantitative estimate of drug-likeness (QED) is 0.696. The Labute approximate surface area is 96.9 Å². The van der Waals surface area contributed by atoms with E-state index >= 15 is 0 Å². The van der Waals surface area contributed by atoms with Gasteiger partial charge in [0.15, 0.2) is 5.79 Å². The third kappa shape index (κ3) is 4.75. The summed E-state index contributed by atoms with van der Waals surface area (Å²) in [7, 11) is -3.40. The standard InChI is InChI=1S/C9H20N2O4S/c1-4-5-10-16(12,13)11-6-8-7-14-9(2,3)15-8/h8,10-11H,4-7H2,1-3H3. The zero-order valence-corrected chi connectivity index (χ0v) is 10.8. The number of ether oxygens (including phenoxy) is 2. The lowest BCUT2D eigenvalue weighted by molar-refractivity contribution is -0.137. The summed E-state index contributed by atoms with van der Waals surface area (Å²) in [4.78, 5) is 0. The molecule has 0 spiro atoms. The maximum Gasteiger partial charge on any atom is 0.276 e. The molecule has 1 heterocycles. The van der Waals surface area contributed by atoms with Gasteiger partial charge in [-0.1, -0.05) is 6.92 Å². The Hall–Kier alpha value is -0.210. The predicted molar refractivity (Wildman–Crippen MR) is 60.1 cm³/mol. The van der Waals surface area contributed by atoms with Gasteiger partial charge in [-0.25, -0.2) is 4.72 Å². The Kier molecular flexibility index (Phi) is 4.69. The van der Waals surface area contributed by atoms with Crippen LogP contribution in [0.1, 0.15) is 27.2 Å². The minimum Gasteiger partial charge on any atom is -0.348 e. The summed E-state index contributed by atoms with van der Waals surface area (Å²) < 4.78 is 38.4. The highest BCUT2D eigenvalue weighted by molar-refractivity contribution is 7.87. The van der Waals surface area contributed by atoms with Crippen molar-refractivity contribution in [3.05, 3.63) is 0 Å². The molecule has 6 nitrogen and oxygen atoms in total. The Morgan fingerprint density at radius 2 is 2.06 bits per heavy atom. The van der Waals surface area contributed by atoms with Crippen molar-refractivity contribution in [2.45, 2.75) is 39.1 Å². The van der Waals surface area contributed by atoms with Crippen LogP contribution in [-0.4, -0.2) is 40.0 Å². The molecule has 7 heteroatoms. The molecule has 2 N–H and O–H groups in total. The molecule has 1 fully saturated rings. The summed E-state index contributed by atoms with van der Waals surface area (Å²) in [6, 6.07) is 0. The van der Waals surface area contributed by atoms with Crippen LogP contribution in [0.2, 0.25) is 0 Å². The second-order valence-electron chi connectivity index (χ2n) is 4.20. The third-order valence-corrected chi connectivity index (χ3v) is 3.24. The largest absolute Gasteiger partial charge is 0.348 e. The number of rotatable bonds is 6. The van der Waals surface area contributed by atoms with Crippen LogP contribution in [0.15, 0.2) is 0 Å². The van der Waals surface area contributed by atoms with E-state index in [1.54, 1.807) is 13.8 Å². The fourth-order valence-corrected chi connectivity index (χ4v) is 2.33. The highest BCUT2D eigenvalue weighted by Gasteiger charge is 2.32. The van der Waals surface area contributed by atoms with Gasteiger partial charge in [0.25, 0.3) is 10.2 Å². The normalized spacial score (nSPS) is 24.8. The van der Waals surface area contributed by atoms with Crippen LogP contribution in [0, 0.1) is 0 Å². The zero-order chi connectivity index (χ0) is 12.2. The molecule has 0 aliphatic carbocycles. The average molecular weight is 252 g/mol. The van der Waals surface area contributed by atoms with Crippen molar-refractivity contribution < 1.29 is 17.9 Å². The summed E-state index contributed by atoms with van der Waals surface area (Å²) in [6.07, 6.45) is 0.532. The molecular formula is C9H20N2O4S. The summed E-state index contributed by atoms with van der Waals surface area (Å²) >= 11 is 0. The lowest BCUT2D eigenvalue weighted by Gasteiger charge is -2.17. The van der Waals surface area contributed by atoms with Gasteiger partial charge in [-0.2, -0.15) is 13.1 Å². The van der Waals surface area contributed by atoms with Crippen molar-refractivity contribution in [3.63, 3.8) is 0 Å². The monoisotopic (exact) mass is 252 g/mol.